The summed E-state index contributed by atoms with van der Waals surface area (Å²) in [7, 11) is 0. The summed E-state index contributed by atoms with van der Waals surface area (Å²) >= 11 is 0. The van der Waals surface area contributed by atoms with Gasteiger partial charge in [-0.3, -0.25) is 9.59 Å². The fraction of sp³-hybridized carbons (Fsp3) is 0.938. The molecule has 6 fully saturated rings. The van der Waals surface area contributed by atoms with E-state index in [-0.39, 0.29) is 64.4 Å². The first-order valence-corrected chi connectivity index (χ1v) is 15.5. The van der Waals surface area contributed by atoms with Crippen molar-refractivity contribution in [3.8, 4) is 0 Å². The van der Waals surface area contributed by atoms with Crippen LogP contribution in [0.5, 0.6) is 0 Å². The largest absolute Gasteiger partial charge is 0.463 e. The van der Waals surface area contributed by atoms with E-state index in [1.54, 1.807) is 0 Å². The van der Waals surface area contributed by atoms with Crippen LogP contribution in [0, 0.1) is 46.3 Å². The molecule has 1 N–H and O–H groups in total. The van der Waals surface area contributed by atoms with Gasteiger partial charge in [-0.1, -0.05) is 20.8 Å². The Hall–Kier alpha value is -1.18. The molecule has 6 rings (SSSR count). The summed E-state index contributed by atoms with van der Waals surface area (Å²) in [6, 6.07) is 0. The standard InChI is InChI=1S/C32H50O7/c1-17-15-32(39-28(17,4)5)31(8,35)27-24(38-32)14-23-22-10-9-20-13-21(36-18(2)33)11-12-29(20,6)26(22)25(37-19(3)34)16-30(23,27)7/h17,20-27,35H,9-16H2,1-8H3/t17-,20-,21+,22-,23-,24-,25-,26-,27-,29-,30-,31+,32+/m0/s1. The van der Waals surface area contributed by atoms with Crippen LogP contribution < -0.4 is 0 Å². The molecule has 0 aromatic rings. The van der Waals surface area contributed by atoms with Gasteiger partial charge >= 0.3 is 11.9 Å². The van der Waals surface area contributed by atoms with Gasteiger partial charge in [-0.25, -0.2) is 0 Å². The minimum atomic E-state index is -1.14. The molecule has 2 aliphatic heterocycles. The quantitative estimate of drug-likeness (QED) is 0.463. The molecule has 0 aromatic carbocycles. The highest BCUT2D eigenvalue weighted by molar-refractivity contribution is 5.66. The molecule has 0 bridgehead atoms. The fourth-order valence-corrected chi connectivity index (χ4v) is 11.3. The molecular formula is C32H50O7. The van der Waals surface area contributed by atoms with Crippen LogP contribution in [0.3, 0.4) is 0 Å². The number of rotatable bonds is 2. The molecule has 4 saturated carbocycles. The van der Waals surface area contributed by atoms with Gasteiger partial charge in [0, 0.05) is 32.1 Å². The van der Waals surface area contributed by atoms with Crippen molar-refractivity contribution in [2.45, 2.75) is 142 Å². The highest BCUT2D eigenvalue weighted by atomic mass is 16.7. The van der Waals surface area contributed by atoms with Gasteiger partial charge in [0.15, 0.2) is 5.79 Å². The Labute approximate surface area is 234 Å². The molecule has 2 heterocycles. The monoisotopic (exact) mass is 546 g/mol. The van der Waals surface area contributed by atoms with E-state index in [1.807, 2.05) is 6.92 Å². The van der Waals surface area contributed by atoms with Gasteiger partial charge in [-0.05, 0) is 100 Å². The number of fused-ring (bicyclic) bond motifs is 7. The van der Waals surface area contributed by atoms with E-state index in [0.29, 0.717) is 24.2 Å². The molecule has 6 aliphatic rings. The smallest absolute Gasteiger partial charge is 0.302 e. The maximum Gasteiger partial charge on any atom is 0.302 e. The lowest BCUT2D eigenvalue weighted by molar-refractivity contribution is -0.300. The predicted octanol–water partition coefficient (Wildman–Crippen LogP) is 5.41. The molecule has 13 atom stereocenters. The molecule has 0 radical (unpaired) electrons. The summed E-state index contributed by atoms with van der Waals surface area (Å²) < 4.78 is 25.4. The number of carbonyl (C=O) groups is 2. The summed E-state index contributed by atoms with van der Waals surface area (Å²) in [6.07, 6.45) is 6.96. The van der Waals surface area contributed by atoms with Crippen molar-refractivity contribution in [1.82, 2.24) is 0 Å². The molecule has 39 heavy (non-hydrogen) atoms. The molecule has 2 saturated heterocycles. The van der Waals surface area contributed by atoms with Gasteiger partial charge in [0.05, 0.1) is 11.7 Å². The first kappa shape index (κ1) is 28.0. The second kappa shape index (κ2) is 8.67. The van der Waals surface area contributed by atoms with E-state index in [9.17, 15) is 14.7 Å². The third-order valence-corrected chi connectivity index (χ3v) is 13.1. The summed E-state index contributed by atoms with van der Waals surface area (Å²) in [5, 5.41) is 12.4. The van der Waals surface area contributed by atoms with Crippen LogP contribution in [-0.4, -0.2) is 52.3 Å². The van der Waals surface area contributed by atoms with E-state index in [0.717, 1.165) is 44.9 Å². The van der Waals surface area contributed by atoms with Gasteiger partial charge < -0.3 is 24.1 Å². The van der Waals surface area contributed by atoms with E-state index in [1.165, 1.54) is 13.8 Å². The Balaban J connectivity index is 1.33. The number of carbonyl (C=O) groups excluding carboxylic acids is 2. The molecular weight excluding hydrogens is 496 g/mol. The molecule has 7 heteroatoms. The maximum atomic E-state index is 12.5. The zero-order valence-electron chi connectivity index (χ0n) is 25.2. The van der Waals surface area contributed by atoms with Crippen molar-refractivity contribution >= 4 is 11.9 Å². The third kappa shape index (κ3) is 3.84. The van der Waals surface area contributed by atoms with Crippen LogP contribution in [-0.2, 0) is 28.5 Å². The Bertz CT molecular complexity index is 1040. The van der Waals surface area contributed by atoms with E-state index >= 15 is 0 Å². The number of hydrogen-bond donors (Lipinski definition) is 1. The number of aliphatic hydroxyl groups is 1. The summed E-state index contributed by atoms with van der Waals surface area (Å²) in [5.74, 6) is 0.267. The molecule has 0 amide bonds. The Morgan fingerprint density at radius 2 is 1.59 bits per heavy atom. The van der Waals surface area contributed by atoms with Crippen molar-refractivity contribution in [3.63, 3.8) is 0 Å². The maximum absolute atomic E-state index is 12.5. The average molecular weight is 547 g/mol. The zero-order chi connectivity index (χ0) is 28.3. The molecule has 1 spiro atoms. The minimum absolute atomic E-state index is 0.0123. The summed E-state index contributed by atoms with van der Waals surface area (Å²) in [4.78, 5) is 24.2. The van der Waals surface area contributed by atoms with Crippen molar-refractivity contribution in [2.75, 3.05) is 0 Å². The summed E-state index contributed by atoms with van der Waals surface area (Å²) in [6.45, 7) is 16.1. The predicted molar refractivity (Wildman–Crippen MR) is 144 cm³/mol. The van der Waals surface area contributed by atoms with Gasteiger partial charge in [-0.2, -0.15) is 0 Å². The average Bonchev–Trinajstić information content (AvgIpc) is 3.30. The Kier molecular flexibility index (Phi) is 6.22. The lowest BCUT2D eigenvalue weighted by Crippen LogP contribution is -2.63. The highest BCUT2D eigenvalue weighted by Gasteiger charge is 2.77. The van der Waals surface area contributed by atoms with Crippen molar-refractivity contribution in [1.29, 1.82) is 0 Å². The second-order valence-electron chi connectivity index (χ2n) is 15.5. The normalized spacial score (nSPS) is 55.4. The molecule has 0 aromatic heterocycles. The number of ether oxygens (including phenoxy) is 4. The Morgan fingerprint density at radius 3 is 2.21 bits per heavy atom. The van der Waals surface area contributed by atoms with Crippen molar-refractivity contribution in [3.05, 3.63) is 0 Å². The van der Waals surface area contributed by atoms with Crippen LogP contribution in [0.1, 0.15) is 107 Å². The molecule has 4 aliphatic carbocycles. The first-order valence-electron chi connectivity index (χ1n) is 15.5. The zero-order valence-corrected chi connectivity index (χ0v) is 25.2. The van der Waals surface area contributed by atoms with Crippen LogP contribution in [0.4, 0.5) is 0 Å². The van der Waals surface area contributed by atoms with E-state index < -0.39 is 11.4 Å². The lowest BCUT2D eigenvalue weighted by Gasteiger charge is -2.63. The lowest BCUT2D eigenvalue weighted by atomic mass is 9.43. The topological polar surface area (TPSA) is 91.3 Å². The number of hydrogen-bond acceptors (Lipinski definition) is 7. The second-order valence-corrected chi connectivity index (χ2v) is 15.5. The van der Waals surface area contributed by atoms with Crippen molar-refractivity contribution in [2.24, 2.45) is 46.3 Å². The van der Waals surface area contributed by atoms with Crippen LogP contribution in [0.15, 0.2) is 0 Å². The first-order chi connectivity index (χ1) is 18.0. The molecule has 0 unspecified atom stereocenters. The van der Waals surface area contributed by atoms with E-state index in [2.05, 4.69) is 34.6 Å². The molecule has 7 nitrogen and oxygen atoms in total. The SMILES string of the molecule is CC(=O)O[C@@H]1CC[C@@]2(C)[C@@H](CC[C@@H]3[C@H]2[C@@H](OC(C)=O)C[C@@]2(C)[C@H]3C[C@@H]3O[C@@]4(C[C@H](C)C(C)(C)O4)[C@](C)(O)[C@@H]32)C1. The van der Waals surface area contributed by atoms with Gasteiger partial charge in [0.1, 0.15) is 17.8 Å². The van der Waals surface area contributed by atoms with Crippen LogP contribution in [0.25, 0.3) is 0 Å². The van der Waals surface area contributed by atoms with Gasteiger partial charge in [-0.15, -0.1) is 0 Å². The van der Waals surface area contributed by atoms with Gasteiger partial charge in [0.2, 0.25) is 0 Å². The van der Waals surface area contributed by atoms with E-state index in [4.69, 9.17) is 18.9 Å². The van der Waals surface area contributed by atoms with Crippen LogP contribution >= 0.6 is 0 Å². The third-order valence-electron chi connectivity index (χ3n) is 13.1. The molecule has 220 valence electrons. The van der Waals surface area contributed by atoms with Gasteiger partial charge in [0.25, 0.3) is 0 Å². The Morgan fingerprint density at radius 1 is 0.897 bits per heavy atom. The fourth-order valence-electron chi connectivity index (χ4n) is 11.3. The summed E-state index contributed by atoms with van der Waals surface area (Å²) in [5.41, 5.74) is -1.70. The minimum Gasteiger partial charge on any atom is -0.463 e. The van der Waals surface area contributed by atoms with Crippen LogP contribution in [0.2, 0.25) is 0 Å². The highest BCUT2D eigenvalue weighted by Crippen LogP contribution is 2.73. The van der Waals surface area contributed by atoms with Crippen molar-refractivity contribution < 1.29 is 33.6 Å². The number of esters is 2.